The van der Waals surface area contributed by atoms with Gasteiger partial charge in [-0.15, -0.1) is 0 Å². The first-order valence-electron chi connectivity index (χ1n) is 10.4. The second kappa shape index (κ2) is 9.20. The molecule has 2 rings (SSSR count). The van der Waals surface area contributed by atoms with E-state index in [1.807, 2.05) is 20.8 Å². The summed E-state index contributed by atoms with van der Waals surface area (Å²) >= 11 is 0. The number of rotatable bonds is 10. The molecule has 0 aliphatic carbocycles. The van der Waals surface area contributed by atoms with Crippen molar-refractivity contribution in [2.24, 2.45) is 0 Å². The van der Waals surface area contributed by atoms with Crippen LogP contribution in [0.25, 0.3) is 0 Å². The second-order valence-corrected chi connectivity index (χ2v) is 12.5. The monoisotopic (exact) mass is 468 g/mol. The van der Waals surface area contributed by atoms with Crippen molar-refractivity contribution in [3.8, 4) is 11.5 Å². The van der Waals surface area contributed by atoms with E-state index in [1.54, 1.807) is 32.9 Å². The Bertz CT molecular complexity index is 1080. The smallest absolute Gasteiger partial charge is 0.314 e. The van der Waals surface area contributed by atoms with Crippen LogP contribution in [-0.2, 0) is 20.0 Å². The Balaban J connectivity index is 2.23. The molecule has 172 valence electrons. The highest BCUT2D eigenvalue weighted by atomic mass is 32.2. The van der Waals surface area contributed by atoms with Crippen molar-refractivity contribution in [1.82, 2.24) is 0 Å². The standard InChI is InChI=1S/C23H32O6S2/c1-7-22(4,5)31(26,27)29-19-12-16-21(17-13-19)30(24,25)20-14-10-18(11-15-20)28-23(6,8-2)9-3/h10-17H,7-9H2,1-6H3. The quantitative estimate of drug-likeness (QED) is 0.436. The molecule has 6 nitrogen and oxygen atoms in total. The molecule has 0 atom stereocenters. The Hall–Kier alpha value is -2.06. The van der Waals surface area contributed by atoms with E-state index in [0.29, 0.717) is 12.2 Å². The lowest BCUT2D eigenvalue weighted by molar-refractivity contribution is 0.0802. The Labute approximate surface area is 186 Å². The summed E-state index contributed by atoms with van der Waals surface area (Å²) in [6.07, 6.45) is 2.06. The van der Waals surface area contributed by atoms with E-state index in [0.717, 1.165) is 12.8 Å². The average Bonchev–Trinajstić information content (AvgIpc) is 2.74. The fraction of sp³-hybridized carbons (Fsp3) is 0.478. The summed E-state index contributed by atoms with van der Waals surface area (Å²) in [4.78, 5) is 0.176. The molecule has 0 saturated carbocycles. The molecule has 31 heavy (non-hydrogen) atoms. The van der Waals surface area contributed by atoms with Gasteiger partial charge in [0, 0.05) is 0 Å². The van der Waals surface area contributed by atoms with Crippen molar-refractivity contribution in [3.63, 3.8) is 0 Å². The van der Waals surface area contributed by atoms with Crippen molar-refractivity contribution >= 4 is 20.0 Å². The van der Waals surface area contributed by atoms with Crippen LogP contribution in [0.2, 0.25) is 0 Å². The van der Waals surface area contributed by atoms with Crippen LogP contribution in [0.1, 0.15) is 60.8 Å². The molecule has 0 radical (unpaired) electrons. The number of sulfone groups is 1. The van der Waals surface area contributed by atoms with Gasteiger partial charge in [-0.1, -0.05) is 20.8 Å². The van der Waals surface area contributed by atoms with Gasteiger partial charge in [-0.25, -0.2) is 8.42 Å². The minimum atomic E-state index is -3.85. The van der Waals surface area contributed by atoms with E-state index in [-0.39, 0.29) is 21.1 Å². The predicted octanol–water partition coefficient (Wildman–Crippen LogP) is 5.37. The van der Waals surface area contributed by atoms with Gasteiger partial charge in [-0.3, -0.25) is 0 Å². The second-order valence-electron chi connectivity index (χ2n) is 8.36. The van der Waals surface area contributed by atoms with Crippen LogP contribution in [0.5, 0.6) is 11.5 Å². The van der Waals surface area contributed by atoms with Crippen molar-refractivity contribution in [1.29, 1.82) is 0 Å². The van der Waals surface area contributed by atoms with E-state index < -0.39 is 24.7 Å². The molecule has 0 saturated heterocycles. The number of ether oxygens (including phenoxy) is 1. The van der Waals surface area contributed by atoms with Crippen molar-refractivity contribution in [2.45, 2.75) is 80.9 Å². The number of benzene rings is 2. The molecule has 0 aromatic heterocycles. The summed E-state index contributed by atoms with van der Waals surface area (Å²) in [5.74, 6) is 0.681. The first-order chi connectivity index (χ1) is 14.3. The van der Waals surface area contributed by atoms with Crippen LogP contribution in [0.3, 0.4) is 0 Å². The van der Waals surface area contributed by atoms with Gasteiger partial charge in [-0.2, -0.15) is 8.42 Å². The largest absolute Gasteiger partial charge is 0.488 e. The number of hydrogen-bond donors (Lipinski definition) is 0. The molecule has 0 fully saturated rings. The van der Waals surface area contributed by atoms with Gasteiger partial charge in [0.25, 0.3) is 0 Å². The molecule has 0 unspecified atom stereocenters. The lowest BCUT2D eigenvalue weighted by Crippen LogP contribution is -2.34. The third-order valence-corrected chi connectivity index (χ3v) is 9.70. The molecule has 0 aliphatic heterocycles. The molecular formula is C23H32O6S2. The molecule has 0 bridgehead atoms. The highest BCUT2D eigenvalue weighted by Crippen LogP contribution is 2.29. The molecule has 2 aromatic rings. The summed E-state index contributed by atoms with van der Waals surface area (Å²) < 4.78 is 60.8. The highest BCUT2D eigenvalue weighted by Gasteiger charge is 2.34. The van der Waals surface area contributed by atoms with Crippen LogP contribution in [0, 0.1) is 0 Å². The minimum absolute atomic E-state index is 0.0487. The summed E-state index contributed by atoms with van der Waals surface area (Å²) in [6, 6.07) is 11.7. The van der Waals surface area contributed by atoms with Gasteiger partial charge >= 0.3 is 10.1 Å². The lowest BCUT2D eigenvalue weighted by atomic mass is 10.00. The van der Waals surface area contributed by atoms with Crippen LogP contribution < -0.4 is 8.92 Å². The zero-order valence-corrected chi connectivity index (χ0v) is 20.6. The molecule has 8 heteroatoms. The highest BCUT2D eigenvalue weighted by molar-refractivity contribution is 7.91. The Morgan fingerprint density at radius 1 is 0.677 bits per heavy atom. The first-order valence-corrected chi connectivity index (χ1v) is 13.3. The van der Waals surface area contributed by atoms with Crippen LogP contribution >= 0.6 is 0 Å². The third kappa shape index (κ3) is 5.60. The number of hydrogen-bond acceptors (Lipinski definition) is 6. The van der Waals surface area contributed by atoms with E-state index in [1.165, 1.54) is 36.4 Å². The maximum absolute atomic E-state index is 12.9. The fourth-order valence-electron chi connectivity index (χ4n) is 2.59. The summed E-state index contributed by atoms with van der Waals surface area (Å²) in [5.41, 5.74) is -0.303. The van der Waals surface area contributed by atoms with E-state index >= 15 is 0 Å². The lowest BCUT2D eigenvalue weighted by Gasteiger charge is -2.28. The van der Waals surface area contributed by atoms with Gasteiger partial charge in [0.1, 0.15) is 21.8 Å². The van der Waals surface area contributed by atoms with Crippen molar-refractivity contribution < 1.29 is 25.8 Å². The SMILES string of the molecule is CCC(C)(CC)Oc1ccc(S(=O)(=O)c2ccc(OS(=O)(=O)C(C)(C)CC)cc2)cc1. The van der Waals surface area contributed by atoms with Crippen molar-refractivity contribution in [2.75, 3.05) is 0 Å². The molecule has 0 amide bonds. The van der Waals surface area contributed by atoms with E-state index in [9.17, 15) is 16.8 Å². The molecule has 0 heterocycles. The van der Waals surface area contributed by atoms with Crippen LogP contribution in [-0.4, -0.2) is 27.2 Å². The zero-order chi connectivity index (χ0) is 23.5. The topological polar surface area (TPSA) is 86.7 Å². The summed E-state index contributed by atoms with van der Waals surface area (Å²) in [6.45, 7) is 11.0. The molecular weight excluding hydrogens is 436 g/mol. The van der Waals surface area contributed by atoms with Gasteiger partial charge in [0.05, 0.1) is 9.79 Å². The van der Waals surface area contributed by atoms with Gasteiger partial charge < -0.3 is 8.92 Å². The molecule has 0 aliphatic rings. The van der Waals surface area contributed by atoms with Crippen LogP contribution in [0.4, 0.5) is 0 Å². The summed E-state index contributed by atoms with van der Waals surface area (Å²) in [7, 11) is -7.62. The Morgan fingerprint density at radius 3 is 1.48 bits per heavy atom. The van der Waals surface area contributed by atoms with Crippen LogP contribution in [0.15, 0.2) is 58.3 Å². The van der Waals surface area contributed by atoms with E-state index in [4.69, 9.17) is 8.92 Å². The first kappa shape index (κ1) is 25.2. The van der Waals surface area contributed by atoms with Gasteiger partial charge in [-0.05, 0) is 88.6 Å². The zero-order valence-electron chi connectivity index (χ0n) is 19.0. The molecule has 2 aromatic carbocycles. The maximum Gasteiger partial charge on any atom is 0.314 e. The van der Waals surface area contributed by atoms with E-state index in [2.05, 4.69) is 0 Å². The Kier molecular flexibility index (Phi) is 7.48. The molecule has 0 N–H and O–H groups in total. The van der Waals surface area contributed by atoms with Crippen molar-refractivity contribution in [3.05, 3.63) is 48.5 Å². The normalized spacial score (nSPS) is 13.1. The van der Waals surface area contributed by atoms with Gasteiger partial charge in [0.2, 0.25) is 9.84 Å². The minimum Gasteiger partial charge on any atom is -0.488 e. The maximum atomic E-state index is 12.9. The third-order valence-electron chi connectivity index (χ3n) is 5.86. The molecule has 0 spiro atoms. The summed E-state index contributed by atoms with van der Waals surface area (Å²) in [5, 5.41) is 0. The van der Waals surface area contributed by atoms with Gasteiger partial charge in [0.15, 0.2) is 0 Å². The fourth-order valence-corrected chi connectivity index (χ4v) is 4.80. The predicted molar refractivity (Wildman–Crippen MR) is 122 cm³/mol. The Morgan fingerprint density at radius 2 is 1.10 bits per heavy atom. The average molecular weight is 469 g/mol.